The van der Waals surface area contributed by atoms with Crippen molar-refractivity contribution >= 4 is 5.91 Å². The van der Waals surface area contributed by atoms with Gasteiger partial charge in [-0.15, -0.1) is 0 Å². The standard InChI is InChI=1S/C12H19N3O2/c1-8-10(6-13-9(2)14-8)11(16)15(5)7-12(3,4)17/h6,17H,7H2,1-5H3. The van der Waals surface area contributed by atoms with Crippen molar-refractivity contribution in [2.45, 2.75) is 33.3 Å². The molecule has 0 spiro atoms. The fraction of sp³-hybridized carbons (Fsp3) is 0.583. The Balaban J connectivity index is 2.89. The minimum Gasteiger partial charge on any atom is -0.389 e. The van der Waals surface area contributed by atoms with Gasteiger partial charge in [0.2, 0.25) is 0 Å². The number of amides is 1. The lowest BCUT2D eigenvalue weighted by molar-refractivity contribution is 0.0367. The molecule has 5 nitrogen and oxygen atoms in total. The zero-order chi connectivity index (χ0) is 13.2. The topological polar surface area (TPSA) is 66.3 Å². The van der Waals surface area contributed by atoms with Gasteiger partial charge in [-0.2, -0.15) is 0 Å². The second-order valence-corrected chi connectivity index (χ2v) is 4.89. The van der Waals surface area contributed by atoms with Crippen molar-refractivity contribution in [3.63, 3.8) is 0 Å². The Morgan fingerprint density at radius 3 is 2.53 bits per heavy atom. The summed E-state index contributed by atoms with van der Waals surface area (Å²) >= 11 is 0. The minimum atomic E-state index is -0.913. The van der Waals surface area contributed by atoms with Crippen molar-refractivity contribution in [1.29, 1.82) is 0 Å². The highest BCUT2D eigenvalue weighted by Gasteiger charge is 2.21. The smallest absolute Gasteiger partial charge is 0.257 e. The number of carbonyl (C=O) groups excluding carboxylic acids is 1. The molecule has 0 radical (unpaired) electrons. The number of likely N-dealkylation sites (N-methyl/N-ethyl adjacent to an activating group) is 1. The van der Waals surface area contributed by atoms with Crippen LogP contribution in [0.4, 0.5) is 0 Å². The van der Waals surface area contributed by atoms with Gasteiger partial charge < -0.3 is 10.0 Å². The molecule has 0 aliphatic heterocycles. The van der Waals surface area contributed by atoms with Crippen LogP contribution < -0.4 is 0 Å². The van der Waals surface area contributed by atoms with E-state index in [1.165, 1.54) is 11.1 Å². The summed E-state index contributed by atoms with van der Waals surface area (Å²) in [7, 11) is 1.65. The van der Waals surface area contributed by atoms with Crippen molar-refractivity contribution in [3.05, 3.63) is 23.3 Å². The molecule has 1 N–H and O–H groups in total. The summed E-state index contributed by atoms with van der Waals surface area (Å²) in [6, 6.07) is 0. The Kier molecular flexibility index (Phi) is 3.83. The van der Waals surface area contributed by atoms with Crippen LogP contribution in [0.25, 0.3) is 0 Å². The lowest BCUT2D eigenvalue weighted by atomic mass is 10.1. The molecule has 0 aromatic carbocycles. The van der Waals surface area contributed by atoms with Gasteiger partial charge in [0, 0.05) is 19.8 Å². The molecule has 1 amide bonds. The molecule has 0 bridgehead atoms. The molecule has 1 rings (SSSR count). The SMILES string of the molecule is Cc1ncc(C(=O)N(C)CC(C)(C)O)c(C)n1. The molecule has 0 atom stereocenters. The minimum absolute atomic E-state index is 0.176. The van der Waals surface area contributed by atoms with Gasteiger partial charge in [-0.25, -0.2) is 9.97 Å². The van der Waals surface area contributed by atoms with Gasteiger partial charge in [-0.1, -0.05) is 0 Å². The lowest BCUT2D eigenvalue weighted by Gasteiger charge is -2.25. The van der Waals surface area contributed by atoms with Crippen molar-refractivity contribution in [3.8, 4) is 0 Å². The first-order valence-electron chi connectivity index (χ1n) is 5.49. The summed E-state index contributed by atoms with van der Waals surface area (Å²) in [6.45, 7) is 7.14. The number of aromatic nitrogens is 2. The maximum Gasteiger partial charge on any atom is 0.257 e. The molecular weight excluding hydrogens is 218 g/mol. The van der Waals surface area contributed by atoms with E-state index in [4.69, 9.17) is 0 Å². The third kappa shape index (κ3) is 3.78. The van der Waals surface area contributed by atoms with E-state index in [1.54, 1.807) is 34.7 Å². The van der Waals surface area contributed by atoms with Crippen LogP contribution in [0.3, 0.4) is 0 Å². The van der Waals surface area contributed by atoms with Crippen LogP contribution in [-0.2, 0) is 0 Å². The molecule has 0 saturated carbocycles. The fourth-order valence-electron chi connectivity index (χ4n) is 1.65. The number of nitrogens with zero attached hydrogens (tertiary/aromatic N) is 3. The van der Waals surface area contributed by atoms with Gasteiger partial charge in [0.05, 0.1) is 16.9 Å². The number of carbonyl (C=O) groups is 1. The van der Waals surface area contributed by atoms with E-state index in [0.717, 1.165) is 0 Å². The first kappa shape index (κ1) is 13.6. The summed E-state index contributed by atoms with van der Waals surface area (Å²) < 4.78 is 0. The maximum absolute atomic E-state index is 12.1. The third-order valence-electron chi connectivity index (χ3n) is 2.30. The van der Waals surface area contributed by atoms with Gasteiger partial charge in [0.1, 0.15) is 5.82 Å². The van der Waals surface area contributed by atoms with Crippen molar-refractivity contribution in [1.82, 2.24) is 14.9 Å². The second kappa shape index (κ2) is 4.79. The summed E-state index contributed by atoms with van der Waals surface area (Å²) in [4.78, 5) is 21.7. The number of hydrogen-bond donors (Lipinski definition) is 1. The second-order valence-electron chi connectivity index (χ2n) is 4.89. The molecule has 94 valence electrons. The Bertz CT molecular complexity index is 424. The molecule has 0 saturated heterocycles. The highest BCUT2D eigenvalue weighted by atomic mass is 16.3. The van der Waals surface area contributed by atoms with Gasteiger partial charge in [-0.05, 0) is 27.7 Å². The predicted molar refractivity (Wildman–Crippen MR) is 64.8 cm³/mol. The summed E-state index contributed by atoms with van der Waals surface area (Å²) in [5.74, 6) is 0.466. The monoisotopic (exact) mass is 237 g/mol. The van der Waals surface area contributed by atoms with Gasteiger partial charge in [0.15, 0.2) is 0 Å². The van der Waals surface area contributed by atoms with Crippen molar-refractivity contribution < 1.29 is 9.90 Å². The average molecular weight is 237 g/mol. The van der Waals surface area contributed by atoms with Crippen LogP contribution >= 0.6 is 0 Å². The predicted octanol–water partition coefficient (Wildman–Crippen LogP) is 0.936. The molecule has 1 aromatic heterocycles. The summed E-state index contributed by atoms with van der Waals surface area (Å²) in [6.07, 6.45) is 1.53. The molecule has 0 aliphatic rings. The number of hydrogen-bond acceptors (Lipinski definition) is 4. The van der Waals surface area contributed by atoms with Gasteiger partial charge in [0.25, 0.3) is 5.91 Å². The molecule has 1 heterocycles. The number of aryl methyl sites for hydroxylation is 2. The van der Waals surface area contributed by atoms with Crippen LogP contribution in [0, 0.1) is 13.8 Å². The van der Waals surface area contributed by atoms with Crippen LogP contribution in [0.2, 0.25) is 0 Å². The molecule has 0 aliphatic carbocycles. The zero-order valence-electron chi connectivity index (χ0n) is 11.0. The van der Waals surface area contributed by atoms with E-state index in [1.807, 2.05) is 0 Å². The maximum atomic E-state index is 12.1. The molecule has 0 fully saturated rings. The average Bonchev–Trinajstić information content (AvgIpc) is 2.14. The number of aliphatic hydroxyl groups is 1. The Hall–Kier alpha value is -1.49. The highest BCUT2D eigenvalue weighted by Crippen LogP contribution is 2.10. The summed E-state index contributed by atoms with van der Waals surface area (Å²) in [5, 5.41) is 9.67. The van der Waals surface area contributed by atoms with Crippen LogP contribution in [0.5, 0.6) is 0 Å². The lowest BCUT2D eigenvalue weighted by Crippen LogP contribution is -2.40. The van der Waals surface area contributed by atoms with E-state index < -0.39 is 5.60 Å². The van der Waals surface area contributed by atoms with Crippen LogP contribution in [0.15, 0.2) is 6.20 Å². The van der Waals surface area contributed by atoms with E-state index in [-0.39, 0.29) is 12.5 Å². The van der Waals surface area contributed by atoms with E-state index in [2.05, 4.69) is 9.97 Å². The normalized spacial score (nSPS) is 11.4. The van der Waals surface area contributed by atoms with Crippen molar-refractivity contribution in [2.75, 3.05) is 13.6 Å². The molecule has 1 aromatic rings. The highest BCUT2D eigenvalue weighted by molar-refractivity contribution is 5.94. The molecular formula is C12H19N3O2. The first-order chi connectivity index (χ1) is 7.70. The van der Waals surface area contributed by atoms with Gasteiger partial charge in [-0.3, -0.25) is 4.79 Å². The van der Waals surface area contributed by atoms with Gasteiger partial charge >= 0.3 is 0 Å². The van der Waals surface area contributed by atoms with Crippen LogP contribution in [0.1, 0.15) is 35.7 Å². The van der Waals surface area contributed by atoms with E-state index >= 15 is 0 Å². The Morgan fingerprint density at radius 1 is 1.47 bits per heavy atom. The largest absolute Gasteiger partial charge is 0.389 e. The van der Waals surface area contributed by atoms with E-state index in [0.29, 0.717) is 17.1 Å². The zero-order valence-corrected chi connectivity index (χ0v) is 11.0. The third-order valence-corrected chi connectivity index (χ3v) is 2.30. The molecule has 5 heteroatoms. The van der Waals surface area contributed by atoms with E-state index in [9.17, 15) is 9.90 Å². The fourth-order valence-corrected chi connectivity index (χ4v) is 1.65. The Labute approximate surface area is 102 Å². The molecule has 0 unspecified atom stereocenters. The quantitative estimate of drug-likeness (QED) is 0.849. The molecule has 17 heavy (non-hydrogen) atoms. The van der Waals surface area contributed by atoms with Crippen LogP contribution in [-0.4, -0.2) is 45.1 Å². The Morgan fingerprint density at radius 2 is 2.06 bits per heavy atom. The first-order valence-corrected chi connectivity index (χ1v) is 5.49. The number of rotatable bonds is 3. The summed E-state index contributed by atoms with van der Waals surface area (Å²) in [5.41, 5.74) is 0.219. The van der Waals surface area contributed by atoms with Crippen molar-refractivity contribution in [2.24, 2.45) is 0 Å².